The fourth-order valence-electron chi connectivity index (χ4n) is 8.35. The second-order valence-electron chi connectivity index (χ2n) is 12.4. The highest BCUT2D eigenvalue weighted by atomic mass is 32.2. The lowest BCUT2D eigenvalue weighted by Crippen LogP contribution is -2.48. The molecule has 2 unspecified atom stereocenters. The number of thioether (sulfide) groups is 1. The molecule has 7 nitrogen and oxygen atoms in total. The van der Waals surface area contributed by atoms with Crippen LogP contribution in [0.5, 0.6) is 5.75 Å². The predicted octanol–water partition coefficient (Wildman–Crippen LogP) is 5.16. The van der Waals surface area contributed by atoms with Crippen LogP contribution in [0.15, 0.2) is 46.3 Å². The molecule has 0 radical (unpaired) electrons. The molecular weight excluding hydrogens is 531 g/mol. The van der Waals surface area contributed by atoms with Gasteiger partial charge in [0.2, 0.25) is 0 Å². The molecule has 5 fully saturated rings. The Morgan fingerprint density at radius 1 is 1.05 bits per heavy atom. The van der Waals surface area contributed by atoms with Gasteiger partial charge < -0.3 is 20.2 Å². The van der Waals surface area contributed by atoms with Crippen molar-refractivity contribution in [1.82, 2.24) is 4.90 Å². The van der Waals surface area contributed by atoms with E-state index in [1.807, 2.05) is 30.3 Å². The van der Waals surface area contributed by atoms with Gasteiger partial charge in [-0.15, -0.1) is 0 Å². The van der Waals surface area contributed by atoms with Gasteiger partial charge in [-0.3, -0.25) is 4.79 Å². The van der Waals surface area contributed by atoms with Crippen LogP contribution in [0.3, 0.4) is 0 Å². The van der Waals surface area contributed by atoms with E-state index < -0.39 is 29.8 Å². The highest BCUT2D eigenvalue weighted by Crippen LogP contribution is 2.62. The Kier molecular flexibility index (Phi) is 6.09. The summed E-state index contributed by atoms with van der Waals surface area (Å²) in [7, 11) is 0. The quantitative estimate of drug-likeness (QED) is 0.442. The van der Waals surface area contributed by atoms with Crippen LogP contribution in [-0.2, 0) is 15.0 Å². The Bertz CT molecular complexity index is 1450. The number of β-amino-alcohol motifs (C(OH)–C–C–N with tert-alkyl or cyclic N) is 1. The third-order valence-corrected chi connectivity index (χ3v) is 10.6. The van der Waals surface area contributed by atoms with E-state index in [9.17, 15) is 24.9 Å². The number of phenolic OH excluding ortho intramolecular Hbond substituents is 1. The van der Waals surface area contributed by atoms with Crippen LogP contribution < -0.4 is 0 Å². The van der Waals surface area contributed by atoms with Crippen molar-refractivity contribution in [2.75, 3.05) is 6.54 Å². The Balaban J connectivity index is 1.17. The number of carbonyl (C=O) groups excluding carboxylic acids is 1. The molecule has 4 aliphatic carbocycles. The van der Waals surface area contributed by atoms with Gasteiger partial charge in [0, 0.05) is 18.5 Å². The van der Waals surface area contributed by atoms with Gasteiger partial charge >= 0.3 is 5.97 Å². The topological polar surface area (TPSA) is 110 Å². The summed E-state index contributed by atoms with van der Waals surface area (Å²) in [6, 6.07) is 9.90. The third kappa shape index (κ3) is 4.34. The van der Waals surface area contributed by atoms with Gasteiger partial charge in [-0.25, -0.2) is 9.18 Å². The number of hydrogen-bond donors (Lipinski definition) is 3. The maximum atomic E-state index is 15.2. The maximum Gasteiger partial charge on any atom is 0.326 e. The average Bonchev–Trinajstić information content (AvgIpc) is 3.47. The lowest BCUT2D eigenvalue weighted by Gasteiger charge is -2.57. The number of carboxylic acid groups (broad SMARTS) is 1. The molecule has 3 N–H and O–H groups in total. The van der Waals surface area contributed by atoms with Crippen molar-refractivity contribution in [3.63, 3.8) is 0 Å². The van der Waals surface area contributed by atoms with Crippen LogP contribution in [0.4, 0.5) is 4.39 Å². The van der Waals surface area contributed by atoms with Gasteiger partial charge in [0.1, 0.15) is 6.04 Å². The smallest absolute Gasteiger partial charge is 0.326 e. The number of amides is 1. The fourth-order valence-corrected chi connectivity index (χ4v) is 9.32. The van der Waals surface area contributed by atoms with E-state index in [1.54, 1.807) is 6.08 Å². The highest BCUT2D eigenvalue weighted by Gasteiger charge is 2.52. The van der Waals surface area contributed by atoms with Crippen LogP contribution in [0.1, 0.15) is 56.1 Å². The molecule has 9 heteroatoms. The molecule has 8 rings (SSSR count). The van der Waals surface area contributed by atoms with Crippen LogP contribution in [0, 0.1) is 23.6 Å². The van der Waals surface area contributed by atoms with E-state index in [0.29, 0.717) is 28.2 Å². The van der Waals surface area contributed by atoms with Gasteiger partial charge in [-0.2, -0.15) is 4.99 Å². The molecule has 6 aliphatic rings. The number of aliphatic carboxylic acids is 1. The zero-order valence-corrected chi connectivity index (χ0v) is 22.7. The van der Waals surface area contributed by atoms with Gasteiger partial charge in [0.15, 0.2) is 16.7 Å². The number of halogens is 1. The van der Waals surface area contributed by atoms with Crippen molar-refractivity contribution in [3.05, 3.63) is 58.2 Å². The van der Waals surface area contributed by atoms with Gasteiger partial charge in [0.25, 0.3) is 5.91 Å². The molecular formula is C31H31FN2O5S. The minimum Gasteiger partial charge on any atom is -0.505 e. The van der Waals surface area contributed by atoms with Crippen molar-refractivity contribution in [3.8, 4) is 16.9 Å². The maximum absolute atomic E-state index is 15.2. The molecule has 4 bridgehead atoms. The largest absolute Gasteiger partial charge is 0.505 e. The molecule has 0 aromatic heterocycles. The average molecular weight is 563 g/mol. The summed E-state index contributed by atoms with van der Waals surface area (Å²) in [6.45, 7) is 0.108. The van der Waals surface area contributed by atoms with E-state index in [0.717, 1.165) is 47.7 Å². The van der Waals surface area contributed by atoms with Crippen LogP contribution in [0.25, 0.3) is 17.2 Å². The Hall–Kier alpha value is -3.17. The number of amidine groups is 1. The first kappa shape index (κ1) is 25.8. The predicted molar refractivity (Wildman–Crippen MR) is 150 cm³/mol. The van der Waals surface area contributed by atoms with Crippen LogP contribution >= 0.6 is 11.8 Å². The van der Waals surface area contributed by atoms with Gasteiger partial charge in [-0.05, 0) is 114 Å². The standard InChI is InChI=1S/C31H31FN2O5S/c32-24-10-21(9-23(27(24)36)31-12-17-4-18(13-31)6-19(5-17)14-31)20-3-1-2-16(7-20)8-26-28(37)33-30(40-26)34-15-22(35)11-25(34)29(38)39/h1-3,7-10,17-19,22,25,35-36H,4-6,11-15H2,(H,38,39). The number of hydrogen-bond acceptors (Lipinski definition) is 6. The monoisotopic (exact) mass is 562 g/mol. The molecule has 2 atom stereocenters. The molecule has 4 saturated carbocycles. The number of aliphatic hydroxyl groups excluding tert-OH is 1. The summed E-state index contributed by atoms with van der Waals surface area (Å²) in [6.07, 6.45) is 7.81. The minimum absolute atomic E-state index is 0.0820. The third-order valence-electron chi connectivity index (χ3n) is 9.61. The van der Waals surface area contributed by atoms with E-state index in [2.05, 4.69) is 4.99 Å². The molecule has 208 valence electrons. The number of carbonyl (C=O) groups is 2. The molecule has 2 aliphatic heterocycles. The normalized spacial score (nSPS) is 33.7. The number of aliphatic hydroxyl groups is 1. The Morgan fingerprint density at radius 3 is 2.42 bits per heavy atom. The number of nitrogens with zero attached hydrogens (tertiary/aromatic N) is 2. The summed E-state index contributed by atoms with van der Waals surface area (Å²) in [4.78, 5) is 30.2. The lowest BCUT2D eigenvalue weighted by atomic mass is 9.48. The van der Waals surface area contributed by atoms with Crippen molar-refractivity contribution in [2.45, 2.75) is 62.5 Å². The number of aliphatic imine (C=N–C) groups is 1. The summed E-state index contributed by atoms with van der Waals surface area (Å²) < 4.78 is 15.2. The highest BCUT2D eigenvalue weighted by molar-refractivity contribution is 8.18. The van der Waals surface area contributed by atoms with E-state index in [4.69, 9.17) is 0 Å². The van der Waals surface area contributed by atoms with Crippen molar-refractivity contribution >= 4 is 34.9 Å². The number of aromatic hydroxyl groups is 1. The summed E-state index contributed by atoms with van der Waals surface area (Å²) >= 11 is 1.09. The van der Waals surface area contributed by atoms with Crippen LogP contribution in [-0.4, -0.2) is 56.0 Å². The molecule has 2 aromatic carbocycles. The number of rotatable bonds is 4. The second kappa shape index (κ2) is 9.45. The van der Waals surface area contributed by atoms with Crippen molar-refractivity contribution in [1.29, 1.82) is 0 Å². The molecule has 40 heavy (non-hydrogen) atoms. The Morgan fingerprint density at radius 2 is 1.75 bits per heavy atom. The molecule has 1 saturated heterocycles. The SMILES string of the molecule is O=C1N=C(N2CC(O)CC2C(=O)O)SC1=Cc1cccc(-c2cc(F)c(O)c(C34CC5CC(CC(C5)C3)C4)c2)c1. The molecule has 1 amide bonds. The number of carboxylic acids is 1. The summed E-state index contributed by atoms with van der Waals surface area (Å²) in [5.41, 5.74) is 2.78. The number of likely N-dealkylation sites (tertiary alicyclic amines) is 1. The zero-order valence-electron chi connectivity index (χ0n) is 21.9. The first-order valence-corrected chi connectivity index (χ1v) is 14.8. The first-order chi connectivity index (χ1) is 19.2. The second-order valence-corrected chi connectivity index (χ2v) is 13.4. The Labute approximate surface area is 235 Å². The number of phenols is 1. The van der Waals surface area contributed by atoms with Crippen molar-refractivity contribution < 1.29 is 29.3 Å². The van der Waals surface area contributed by atoms with Crippen LogP contribution in [0.2, 0.25) is 0 Å². The minimum atomic E-state index is -1.06. The molecule has 2 heterocycles. The van der Waals surface area contributed by atoms with E-state index in [-0.39, 0.29) is 29.3 Å². The summed E-state index contributed by atoms with van der Waals surface area (Å²) in [5.74, 6) is -0.357. The van der Waals surface area contributed by atoms with E-state index >= 15 is 4.39 Å². The summed E-state index contributed by atoms with van der Waals surface area (Å²) in [5, 5.41) is 30.7. The number of benzene rings is 2. The van der Waals surface area contributed by atoms with Gasteiger partial charge in [0.05, 0.1) is 11.0 Å². The van der Waals surface area contributed by atoms with E-state index in [1.165, 1.54) is 30.2 Å². The molecule has 2 aromatic rings. The van der Waals surface area contributed by atoms with Crippen molar-refractivity contribution in [2.24, 2.45) is 22.7 Å². The van der Waals surface area contributed by atoms with Gasteiger partial charge in [-0.1, -0.05) is 18.2 Å². The molecule has 0 spiro atoms. The first-order valence-electron chi connectivity index (χ1n) is 14.0. The lowest BCUT2D eigenvalue weighted by molar-refractivity contribution is -0.141. The zero-order chi connectivity index (χ0) is 27.8. The fraction of sp³-hybridized carbons (Fsp3) is 0.452.